The molecule has 0 aromatic carbocycles. The van der Waals surface area contributed by atoms with E-state index in [9.17, 15) is 4.79 Å². The van der Waals surface area contributed by atoms with Crippen LogP contribution in [-0.4, -0.2) is 55.0 Å². The molecule has 0 heterocycles. The summed E-state index contributed by atoms with van der Waals surface area (Å²) in [6.07, 6.45) is 0. The highest BCUT2D eigenvalue weighted by molar-refractivity contribution is 5.79. The molecule has 0 aliphatic carbocycles. The monoisotopic (exact) mass is 229 g/mol. The van der Waals surface area contributed by atoms with Crippen LogP contribution in [-0.2, 0) is 4.79 Å². The Kier molecular flexibility index (Phi) is 6.60. The number of nitrogens with two attached hydrogens (primary N) is 1. The molecule has 96 valence electrons. The average Bonchev–Trinajstić information content (AvgIpc) is 2.16. The predicted molar refractivity (Wildman–Crippen MR) is 68.2 cm³/mol. The van der Waals surface area contributed by atoms with E-state index in [0.717, 1.165) is 13.1 Å². The highest BCUT2D eigenvalue weighted by Gasteiger charge is 2.25. The molecule has 4 nitrogen and oxygen atoms in total. The Bertz CT molecular complexity index is 216. The number of hydrogen-bond donors (Lipinski definition) is 1. The number of carbonyl (C=O) groups excluding carboxylic acids is 1. The molecule has 4 heteroatoms. The number of carbonyl (C=O) groups is 1. The maximum absolute atomic E-state index is 12.2. The number of amides is 1. The van der Waals surface area contributed by atoms with Crippen LogP contribution in [0.1, 0.15) is 27.7 Å². The Balaban J connectivity index is 4.53. The molecule has 0 saturated carbocycles. The topological polar surface area (TPSA) is 49.6 Å². The van der Waals surface area contributed by atoms with Gasteiger partial charge in [-0.15, -0.1) is 0 Å². The molecule has 0 spiro atoms. The average molecular weight is 229 g/mol. The summed E-state index contributed by atoms with van der Waals surface area (Å²) in [7, 11) is 4.04. The second-order valence-electron chi connectivity index (χ2n) is 4.88. The van der Waals surface area contributed by atoms with Crippen molar-refractivity contribution >= 4 is 5.91 Å². The van der Waals surface area contributed by atoms with Crippen LogP contribution in [0.15, 0.2) is 0 Å². The summed E-state index contributed by atoms with van der Waals surface area (Å²) in [5, 5.41) is 0. The fraction of sp³-hybridized carbons (Fsp3) is 0.917. The summed E-state index contributed by atoms with van der Waals surface area (Å²) in [6.45, 7) is 9.49. The summed E-state index contributed by atoms with van der Waals surface area (Å²) in [5.74, 6) is 0.0522. The van der Waals surface area contributed by atoms with Gasteiger partial charge in [-0.1, -0.05) is 6.92 Å². The lowest BCUT2D eigenvalue weighted by atomic mass is 10.0. The second kappa shape index (κ2) is 6.86. The van der Waals surface area contributed by atoms with E-state index in [0.29, 0.717) is 0 Å². The van der Waals surface area contributed by atoms with Gasteiger partial charge < -0.3 is 15.5 Å². The minimum Gasteiger partial charge on any atom is -0.339 e. The summed E-state index contributed by atoms with van der Waals surface area (Å²) in [6, 6.07) is 0.141. The van der Waals surface area contributed by atoms with E-state index in [4.69, 9.17) is 5.73 Å². The van der Waals surface area contributed by atoms with E-state index in [1.54, 1.807) is 0 Å². The molecule has 0 rings (SSSR count). The molecule has 0 radical (unpaired) electrons. The number of hydrogen-bond acceptors (Lipinski definition) is 3. The lowest BCUT2D eigenvalue weighted by Gasteiger charge is -2.33. The molecule has 3 unspecified atom stereocenters. The first-order chi connectivity index (χ1) is 7.31. The molecular formula is C12H27N3O. The summed E-state index contributed by atoms with van der Waals surface area (Å²) >= 11 is 0. The van der Waals surface area contributed by atoms with Gasteiger partial charge in [-0.3, -0.25) is 4.79 Å². The molecule has 0 aromatic heterocycles. The van der Waals surface area contributed by atoms with Crippen LogP contribution in [0.5, 0.6) is 0 Å². The van der Waals surface area contributed by atoms with Crippen LogP contribution in [0.2, 0.25) is 0 Å². The first-order valence-corrected chi connectivity index (χ1v) is 6.02. The van der Waals surface area contributed by atoms with Crippen LogP contribution in [0.25, 0.3) is 0 Å². The van der Waals surface area contributed by atoms with Gasteiger partial charge in [0, 0.05) is 25.2 Å². The largest absolute Gasteiger partial charge is 0.339 e. The van der Waals surface area contributed by atoms with E-state index in [1.807, 2.05) is 39.8 Å². The number of likely N-dealkylation sites (N-methyl/N-ethyl adjacent to an activating group) is 2. The Morgan fingerprint density at radius 2 is 1.75 bits per heavy atom. The summed E-state index contributed by atoms with van der Waals surface area (Å²) in [4.78, 5) is 16.2. The quantitative estimate of drug-likeness (QED) is 0.732. The van der Waals surface area contributed by atoms with Gasteiger partial charge in [-0.05, 0) is 34.9 Å². The molecule has 0 aliphatic rings. The zero-order valence-electron chi connectivity index (χ0n) is 11.5. The molecule has 0 fully saturated rings. The van der Waals surface area contributed by atoms with Crippen LogP contribution in [0, 0.1) is 5.92 Å². The summed E-state index contributed by atoms with van der Waals surface area (Å²) in [5.41, 5.74) is 5.77. The molecule has 16 heavy (non-hydrogen) atoms. The normalized spacial score (nSPS) is 17.0. The Morgan fingerprint density at radius 3 is 2.06 bits per heavy atom. The third-order valence-corrected chi connectivity index (χ3v) is 2.96. The van der Waals surface area contributed by atoms with Gasteiger partial charge in [0.15, 0.2) is 0 Å². The Labute approximate surface area is 99.8 Å². The van der Waals surface area contributed by atoms with Gasteiger partial charge in [-0.2, -0.15) is 0 Å². The van der Waals surface area contributed by atoms with Crippen molar-refractivity contribution in [2.75, 3.05) is 27.2 Å². The number of nitrogens with zero attached hydrogens (tertiary/aromatic N) is 2. The van der Waals surface area contributed by atoms with Crippen LogP contribution in [0.3, 0.4) is 0 Å². The number of rotatable bonds is 6. The highest BCUT2D eigenvalue weighted by atomic mass is 16.2. The van der Waals surface area contributed by atoms with Gasteiger partial charge in [0.2, 0.25) is 5.91 Å². The lowest BCUT2D eigenvalue weighted by Crippen LogP contribution is -2.48. The first-order valence-electron chi connectivity index (χ1n) is 6.02. The third kappa shape index (κ3) is 4.49. The first kappa shape index (κ1) is 15.4. The van der Waals surface area contributed by atoms with Crippen molar-refractivity contribution in [2.45, 2.75) is 39.8 Å². The molecule has 2 N–H and O–H groups in total. The molecule has 3 atom stereocenters. The summed E-state index contributed by atoms with van der Waals surface area (Å²) < 4.78 is 0. The van der Waals surface area contributed by atoms with E-state index in [-0.39, 0.29) is 23.9 Å². The van der Waals surface area contributed by atoms with E-state index in [2.05, 4.69) is 11.8 Å². The maximum Gasteiger partial charge on any atom is 0.227 e. The molecule has 0 bridgehead atoms. The Hall–Kier alpha value is -0.610. The standard InChI is InChI=1S/C12H27N3O/c1-7-15(9(2)8-14(5)6)12(16)10(3)11(4)13/h9-11H,7-8,13H2,1-6H3. The smallest absolute Gasteiger partial charge is 0.227 e. The lowest BCUT2D eigenvalue weighted by molar-refractivity contribution is -0.137. The van der Waals surface area contributed by atoms with Crippen LogP contribution < -0.4 is 5.73 Å². The van der Waals surface area contributed by atoms with Crippen molar-refractivity contribution in [3.63, 3.8) is 0 Å². The fourth-order valence-electron chi connectivity index (χ4n) is 1.80. The van der Waals surface area contributed by atoms with Crippen molar-refractivity contribution in [1.82, 2.24) is 9.80 Å². The maximum atomic E-state index is 12.2. The Morgan fingerprint density at radius 1 is 1.25 bits per heavy atom. The van der Waals surface area contributed by atoms with Crippen LogP contribution in [0.4, 0.5) is 0 Å². The molecule has 0 saturated heterocycles. The predicted octanol–water partition coefficient (Wildman–Crippen LogP) is 0.768. The molecule has 0 aliphatic heterocycles. The van der Waals surface area contributed by atoms with Gasteiger partial charge in [0.25, 0.3) is 0 Å². The molecule has 0 aromatic rings. The molecule has 1 amide bonds. The molecular weight excluding hydrogens is 202 g/mol. The van der Waals surface area contributed by atoms with E-state index >= 15 is 0 Å². The minimum absolute atomic E-state index is 0.0897. The van der Waals surface area contributed by atoms with Crippen molar-refractivity contribution in [1.29, 1.82) is 0 Å². The zero-order chi connectivity index (χ0) is 12.9. The van der Waals surface area contributed by atoms with Gasteiger partial charge >= 0.3 is 0 Å². The fourth-order valence-corrected chi connectivity index (χ4v) is 1.80. The minimum atomic E-state index is -0.107. The van der Waals surface area contributed by atoms with Crippen molar-refractivity contribution in [3.05, 3.63) is 0 Å². The second-order valence-corrected chi connectivity index (χ2v) is 4.88. The third-order valence-electron chi connectivity index (χ3n) is 2.96. The highest BCUT2D eigenvalue weighted by Crippen LogP contribution is 2.10. The van der Waals surface area contributed by atoms with Gasteiger partial charge in [-0.25, -0.2) is 0 Å². The van der Waals surface area contributed by atoms with Crippen molar-refractivity contribution in [2.24, 2.45) is 11.7 Å². The van der Waals surface area contributed by atoms with Crippen molar-refractivity contribution in [3.8, 4) is 0 Å². The zero-order valence-corrected chi connectivity index (χ0v) is 11.5. The van der Waals surface area contributed by atoms with E-state index < -0.39 is 0 Å². The van der Waals surface area contributed by atoms with Crippen molar-refractivity contribution < 1.29 is 4.79 Å². The SMILES string of the molecule is CCN(C(=O)C(C)C(C)N)C(C)CN(C)C. The van der Waals surface area contributed by atoms with Crippen LogP contribution >= 0.6 is 0 Å². The van der Waals surface area contributed by atoms with Gasteiger partial charge in [0.05, 0.1) is 5.92 Å². The van der Waals surface area contributed by atoms with Gasteiger partial charge in [0.1, 0.15) is 0 Å². The van der Waals surface area contributed by atoms with E-state index in [1.165, 1.54) is 0 Å².